The summed E-state index contributed by atoms with van der Waals surface area (Å²) < 4.78 is 21.2. The molecule has 0 aliphatic carbocycles. The van der Waals surface area contributed by atoms with Gasteiger partial charge in [0.05, 0.1) is 18.8 Å². The zero-order chi connectivity index (χ0) is 18.3. The van der Waals surface area contributed by atoms with Crippen LogP contribution in [0.1, 0.15) is 25.3 Å². The molecule has 0 radical (unpaired) electrons. The Morgan fingerprint density at radius 2 is 2.04 bits per heavy atom. The van der Waals surface area contributed by atoms with Crippen LogP contribution in [0.5, 0.6) is 0 Å². The Morgan fingerprint density at radius 3 is 2.81 bits per heavy atom. The van der Waals surface area contributed by atoms with E-state index in [1.807, 2.05) is 22.6 Å². The van der Waals surface area contributed by atoms with E-state index in [1.54, 1.807) is 6.07 Å². The molecule has 3 heterocycles. The topological polar surface area (TPSA) is 37.7 Å². The molecule has 2 saturated heterocycles. The normalized spacial score (nSPS) is 24.5. The minimum Gasteiger partial charge on any atom is -0.378 e. The number of carbonyl (C=O) groups is 1. The van der Waals surface area contributed by atoms with Crippen LogP contribution in [0.25, 0.3) is 10.9 Å². The summed E-state index contributed by atoms with van der Waals surface area (Å²) >= 11 is 0. The summed E-state index contributed by atoms with van der Waals surface area (Å²) in [5, 5.41) is 0.931. The lowest BCUT2D eigenvalue weighted by Crippen LogP contribution is -2.56. The molecule has 6 heteroatoms. The number of hydrogen-bond donors (Lipinski definition) is 0. The van der Waals surface area contributed by atoms with Crippen LogP contribution in [0.2, 0.25) is 0 Å². The average molecular weight is 359 g/mol. The number of hydrogen-bond acceptors (Lipinski definition) is 3. The first-order valence-corrected chi connectivity index (χ1v) is 9.35. The molecule has 5 nitrogen and oxygen atoms in total. The quantitative estimate of drug-likeness (QED) is 0.845. The second-order valence-corrected chi connectivity index (χ2v) is 7.63. The molecule has 1 atom stereocenters. The molecular weight excluding hydrogens is 333 g/mol. The minimum absolute atomic E-state index is 0.199. The zero-order valence-corrected chi connectivity index (χ0v) is 15.5. The first-order valence-electron chi connectivity index (χ1n) is 9.35. The van der Waals surface area contributed by atoms with Gasteiger partial charge in [-0.05, 0) is 50.1 Å². The number of aromatic nitrogens is 1. The highest BCUT2D eigenvalue weighted by Gasteiger charge is 2.45. The van der Waals surface area contributed by atoms with Crippen molar-refractivity contribution in [2.75, 3.05) is 32.8 Å². The predicted octanol–water partition coefficient (Wildman–Crippen LogP) is 2.53. The van der Waals surface area contributed by atoms with Crippen LogP contribution in [-0.2, 0) is 23.1 Å². The van der Waals surface area contributed by atoms with E-state index in [0.717, 1.165) is 35.9 Å². The Hall–Kier alpha value is -1.92. The maximum Gasteiger partial charge on any atom is 0.242 e. The summed E-state index contributed by atoms with van der Waals surface area (Å²) in [6.45, 7) is 6.17. The molecule has 2 aliphatic heterocycles. The highest BCUT2D eigenvalue weighted by atomic mass is 19.1. The number of nitrogens with zero attached hydrogens (tertiary/aromatic N) is 3. The number of morpholine rings is 1. The van der Waals surface area contributed by atoms with Gasteiger partial charge in [0.2, 0.25) is 5.91 Å². The van der Waals surface area contributed by atoms with E-state index in [-0.39, 0.29) is 11.7 Å². The summed E-state index contributed by atoms with van der Waals surface area (Å²) in [6.07, 6.45) is 3.93. The molecule has 1 aromatic heterocycles. The van der Waals surface area contributed by atoms with Crippen molar-refractivity contribution < 1.29 is 13.9 Å². The summed E-state index contributed by atoms with van der Waals surface area (Å²) in [5.74, 6) is -0.0248. The smallest absolute Gasteiger partial charge is 0.242 e. The molecule has 0 bridgehead atoms. The molecule has 0 spiro atoms. The number of likely N-dealkylation sites (tertiary alicyclic amines) is 1. The van der Waals surface area contributed by atoms with Crippen molar-refractivity contribution in [1.82, 2.24) is 14.4 Å². The van der Waals surface area contributed by atoms with Crippen LogP contribution in [0.15, 0.2) is 24.4 Å². The van der Waals surface area contributed by atoms with Gasteiger partial charge in [-0.3, -0.25) is 9.69 Å². The third-order valence-corrected chi connectivity index (χ3v) is 5.94. The fourth-order valence-electron chi connectivity index (χ4n) is 4.40. The molecule has 0 N–H and O–H groups in total. The van der Waals surface area contributed by atoms with Gasteiger partial charge in [-0.25, -0.2) is 4.39 Å². The Balaban J connectivity index is 1.61. The number of fused-ring (bicyclic) bond motifs is 1. The highest BCUT2D eigenvalue weighted by Crippen LogP contribution is 2.34. The fraction of sp³-hybridized carbons (Fsp3) is 0.550. The highest BCUT2D eigenvalue weighted by molar-refractivity contribution is 5.87. The summed E-state index contributed by atoms with van der Waals surface area (Å²) in [4.78, 5) is 17.4. The second-order valence-electron chi connectivity index (χ2n) is 7.63. The van der Waals surface area contributed by atoms with Crippen LogP contribution in [0.4, 0.5) is 4.39 Å². The van der Waals surface area contributed by atoms with Crippen molar-refractivity contribution in [2.24, 2.45) is 7.05 Å². The van der Waals surface area contributed by atoms with Gasteiger partial charge in [0.15, 0.2) is 0 Å². The molecular formula is C20H26FN3O2. The van der Waals surface area contributed by atoms with Crippen molar-refractivity contribution in [1.29, 1.82) is 0 Å². The van der Waals surface area contributed by atoms with Gasteiger partial charge < -0.3 is 14.2 Å². The number of rotatable bonds is 3. The minimum atomic E-state index is -0.493. The Bertz CT molecular complexity index is 828. The van der Waals surface area contributed by atoms with Crippen molar-refractivity contribution >= 4 is 16.8 Å². The van der Waals surface area contributed by atoms with E-state index in [2.05, 4.69) is 18.0 Å². The molecule has 2 aromatic rings. The average Bonchev–Trinajstić information content (AvgIpc) is 3.16. The molecule has 140 valence electrons. The second kappa shape index (κ2) is 6.67. The van der Waals surface area contributed by atoms with Gasteiger partial charge >= 0.3 is 0 Å². The molecule has 1 amide bonds. The van der Waals surface area contributed by atoms with E-state index in [0.29, 0.717) is 32.8 Å². The van der Waals surface area contributed by atoms with Crippen LogP contribution in [-0.4, -0.2) is 58.7 Å². The standard InChI is InChI=1S/C20H26FN3O2/c1-20(19(25)23-8-10-26-11-9-23)6-3-7-24(20)14-15-13-22(2)18-5-4-16(21)12-17(15)18/h4-5,12-13H,3,6-11,14H2,1-2H3. The lowest BCUT2D eigenvalue weighted by molar-refractivity contribution is -0.146. The molecule has 1 unspecified atom stereocenters. The number of halogens is 1. The van der Waals surface area contributed by atoms with E-state index in [1.165, 1.54) is 6.07 Å². The third kappa shape index (κ3) is 2.91. The van der Waals surface area contributed by atoms with E-state index in [9.17, 15) is 9.18 Å². The van der Waals surface area contributed by atoms with Crippen LogP contribution in [0, 0.1) is 5.82 Å². The summed E-state index contributed by atoms with van der Waals surface area (Å²) in [6, 6.07) is 4.91. The number of carbonyl (C=O) groups excluding carboxylic acids is 1. The zero-order valence-electron chi connectivity index (χ0n) is 15.5. The first-order chi connectivity index (χ1) is 12.5. The van der Waals surface area contributed by atoms with Gasteiger partial charge in [-0.15, -0.1) is 0 Å². The largest absolute Gasteiger partial charge is 0.378 e. The van der Waals surface area contributed by atoms with Gasteiger partial charge in [0.1, 0.15) is 5.82 Å². The SMILES string of the molecule is Cn1cc(CN2CCCC2(C)C(=O)N2CCOCC2)c2cc(F)ccc21. The van der Waals surface area contributed by atoms with Gasteiger partial charge in [-0.1, -0.05) is 0 Å². The maximum absolute atomic E-state index is 13.8. The van der Waals surface area contributed by atoms with Gasteiger partial charge in [0.25, 0.3) is 0 Å². The van der Waals surface area contributed by atoms with Crippen LogP contribution < -0.4 is 0 Å². The van der Waals surface area contributed by atoms with Crippen LogP contribution in [0.3, 0.4) is 0 Å². The number of ether oxygens (including phenoxy) is 1. The Labute approximate surface area is 153 Å². The molecule has 0 saturated carbocycles. The van der Waals surface area contributed by atoms with Crippen molar-refractivity contribution in [3.8, 4) is 0 Å². The van der Waals surface area contributed by atoms with E-state index < -0.39 is 5.54 Å². The van der Waals surface area contributed by atoms with E-state index >= 15 is 0 Å². The van der Waals surface area contributed by atoms with Crippen LogP contribution >= 0.6 is 0 Å². The summed E-state index contributed by atoms with van der Waals surface area (Å²) in [5.41, 5.74) is 1.60. The lowest BCUT2D eigenvalue weighted by atomic mass is 9.96. The monoisotopic (exact) mass is 359 g/mol. The first kappa shape index (κ1) is 17.5. The lowest BCUT2D eigenvalue weighted by Gasteiger charge is -2.39. The van der Waals surface area contributed by atoms with Gasteiger partial charge in [-0.2, -0.15) is 0 Å². The number of aryl methyl sites for hydroxylation is 1. The number of benzene rings is 1. The van der Waals surface area contributed by atoms with Crippen molar-refractivity contribution in [3.05, 3.63) is 35.8 Å². The molecule has 1 aromatic carbocycles. The maximum atomic E-state index is 13.8. The van der Waals surface area contributed by atoms with E-state index in [4.69, 9.17) is 4.74 Å². The third-order valence-electron chi connectivity index (χ3n) is 5.94. The Kier molecular flexibility index (Phi) is 4.49. The van der Waals surface area contributed by atoms with Crippen molar-refractivity contribution in [2.45, 2.75) is 31.8 Å². The predicted molar refractivity (Wildman–Crippen MR) is 98.3 cm³/mol. The summed E-state index contributed by atoms with van der Waals surface area (Å²) in [7, 11) is 1.98. The number of amides is 1. The molecule has 2 fully saturated rings. The van der Waals surface area contributed by atoms with Crippen molar-refractivity contribution in [3.63, 3.8) is 0 Å². The molecule has 4 rings (SSSR count). The fourth-order valence-corrected chi connectivity index (χ4v) is 4.40. The van der Waals surface area contributed by atoms with Gasteiger partial charge in [0, 0.05) is 43.8 Å². The Morgan fingerprint density at radius 1 is 1.27 bits per heavy atom. The molecule has 2 aliphatic rings. The molecule has 26 heavy (non-hydrogen) atoms.